The molecule has 1 rings (SSSR count). The van der Waals surface area contributed by atoms with Gasteiger partial charge in [0.2, 0.25) is 0 Å². The maximum absolute atomic E-state index is 12.5. The molecule has 0 unspecified atom stereocenters. The first-order chi connectivity index (χ1) is 10.0. The van der Waals surface area contributed by atoms with E-state index in [1.807, 2.05) is 0 Å². The lowest BCUT2D eigenvalue weighted by Gasteiger charge is -2.28. The minimum Gasteiger partial charge on any atom is -0.323 e. The van der Waals surface area contributed by atoms with Crippen molar-refractivity contribution >= 4 is 34.9 Å². The summed E-state index contributed by atoms with van der Waals surface area (Å²) in [6.07, 6.45) is 4.00. The van der Waals surface area contributed by atoms with Crippen molar-refractivity contribution in [1.82, 2.24) is 4.90 Å². The third-order valence-electron chi connectivity index (χ3n) is 3.22. The van der Waals surface area contributed by atoms with Gasteiger partial charge in [-0.25, -0.2) is 15.6 Å². The number of urea groups is 1. The molecule has 0 saturated carbocycles. The molecule has 0 aliphatic carbocycles. The summed E-state index contributed by atoms with van der Waals surface area (Å²) < 4.78 is 0. The van der Waals surface area contributed by atoms with Gasteiger partial charge in [0.25, 0.3) is 0 Å². The molecule has 0 aliphatic rings. The number of nitrogens with zero attached hydrogens (tertiary/aromatic N) is 2. The van der Waals surface area contributed by atoms with Gasteiger partial charge in [0.15, 0.2) is 0 Å². The van der Waals surface area contributed by atoms with E-state index in [1.54, 1.807) is 23.1 Å². The van der Waals surface area contributed by atoms with E-state index in [0.717, 1.165) is 30.7 Å². The van der Waals surface area contributed by atoms with Crippen LogP contribution in [0.5, 0.6) is 0 Å². The Bertz CT molecular complexity index is 460. The fourth-order valence-corrected chi connectivity index (χ4v) is 2.19. The van der Waals surface area contributed by atoms with E-state index in [2.05, 4.69) is 13.8 Å². The van der Waals surface area contributed by atoms with Gasteiger partial charge >= 0.3 is 6.03 Å². The number of hydrogen-bond acceptors (Lipinski definition) is 2. The number of carbonyl (C=O) groups is 1. The summed E-state index contributed by atoms with van der Waals surface area (Å²) in [4.78, 5) is 14.3. The van der Waals surface area contributed by atoms with Gasteiger partial charge in [0.05, 0.1) is 15.7 Å². The van der Waals surface area contributed by atoms with Gasteiger partial charge in [-0.1, -0.05) is 49.9 Å². The lowest BCUT2D eigenvalue weighted by molar-refractivity contribution is 0.202. The third kappa shape index (κ3) is 5.38. The highest BCUT2D eigenvalue weighted by molar-refractivity contribution is 6.42. The summed E-state index contributed by atoms with van der Waals surface area (Å²) in [5, 5.41) is 1.95. The zero-order chi connectivity index (χ0) is 15.8. The smallest absolute Gasteiger partial charge is 0.323 e. The van der Waals surface area contributed by atoms with Gasteiger partial charge < -0.3 is 4.90 Å². The molecular weight excluding hydrogens is 309 g/mol. The van der Waals surface area contributed by atoms with Crippen molar-refractivity contribution in [3.8, 4) is 0 Å². The Balaban J connectivity index is 2.82. The Morgan fingerprint density at radius 2 is 1.67 bits per heavy atom. The number of hydrogen-bond donors (Lipinski definition) is 1. The molecule has 0 saturated heterocycles. The number of benzene rings is 1. The maximum atomic E-state index is 12.5. The summed E-state index contributed by atoms with van der Waals surface area (Å²) in [6, 6.07) is 4.70. The highest BCUT2D eigenvalue weighted by atomic mass is 35.5. The van der Waals surface area contributed by atoms with E-state index in [9.17, 15) is 4.79 Å². The Labute approximate surface area is 136 Å². The Hall–Kier alpha value is -0.970. The molecule has 0 fully saturated rings. The number of rotatable bonds is 7. The molecular formula is C15H23Cl2N3O. The van der Waals surface area contributed by atoms with Gasteiger partial charge in [-0.2, -0.15) is 0 Å². The summed E-state index contributed by atoms with van der Waals surface area (Å²) in [5.74, 6) is 5.94. The zero-order valence-electron chi connectivity index (χ0n) is 12.6. The van der Waals surface area contributed by atoms with E-state index in [4.69, 9.17) is 29.0 Å². The van der Waals surface area contributed by atoms with Gasteiger partial charge in [-0.3, -0.25) is 0 Å². The second kappa shape index (κ2) is 9.13. The zero-order valence-corrected chi connectivity index (χ0v) is 14.1. The maximum Gasteiger partial charge on any atom is 0.338 e. The van der Waals surface area contributed by atoms with Crippen molar-refractivity contribution in [3.63, 3.8) is 0 Å². The van der Waals surface area contributed by atoms with Crippen LogP contribution in [-0.2, 0) is 0 Å². The van der Waals surface area contributed by atoms with Gasteiger partial charge in [0, 0.05) is 13.1 Å². The lowest BCUT2D eigenvalue weighted by atomic mass is 10.2. The van der Waals surface area contributed by atoms with Crippen LogP contribution in [0, 0.1) is 0 Å². The number of unbranched alkanes of at least 4 members (excludes halogenated alkanes) is 2. The van der Waals surface area contributed by atoms with Gasteiger partial charge in [0.1, 0.15) is 0 Å². The van der Waals surface area contributed by atoms with Crippen LogP contribution in [0.4, 0.5) is 10.5 Å². The standard InChI is InChI=1S/C15H23Cl2N3O/c1-3-5-9-19(10-6-4-2)15(21)20(18)12-7-8-13(16)14(17)11-12/h7-8,11H,3-6,9-10,18H2,1-2H3. The number of hydrazine groups is 1. The average Bonchev–Trinajstić information content (AvgIpc) is 2.49. The van der Waals surface area contributed by atoms with Crippen LogP contribution in [0.25, 0.3) is 0 Å². The van der Waals surface area contributed by atoms with Gasteiger partial charge in [-0.15, -0.1) is 0 Å². The highest BCUT2D eigenvalue weighted by Crippen LogP contribution is 2.26. The van der Waals surface area contributed by atoms with Crippen molar-refractivity contribution in [1.29, 1.82) is 0 Å². The molecule has 6 heteroatoms. The second-order valence-corrected chi connectivity index (χ2v) is 5.76. The molecule has 0 heterocycles. The van der Waals surface area contributed by atoms with Crippen molar-refractivity contribution in [2.45, 2.75) is 39.5 Å². The van der Waals surface area contributed by atoms with Crippen LogP contribution in [0.3, 0.4) is 0 Å². The number of carbonyl (C=O) groups excluding carboxylic acids is 1. The van der Waals surface area contributed by atoms with Crippen LogP contribution in [0.15, 0.2) is 18.2 Å². The quantitative estimate of drug-likeness (QED) is 0.447. The van der Waals surface area contributed by atoms with Crippen LogP contribution < -0.4 is 10.9 Å². The first kappa shape index (κ1) is 18.1. The minimum atomic E-state index is -0.213. The number of nitrogens with two attached hydrogens (primary N) is 1. The van der Waals surface area contributed by atoms with Crippen LogP contribution in [0.2, 0.25) is 10.0 Å². The predicted octanol–water partition coefficient (Wildman–Crippen LogP) is 4.70. The molecule has 4 nitrogen and oxygen atoms in total. The molecule has 1 aromatic rings. The summed E-state index contributed by atoms with van der Waals surface area (Å²) in [7, 11) is 0. The topological polar surface area (TPSA) is 49.6 Å². The second-order valence-electron chi connectivity index (χ2n) is 4.95. The summed E-state index contributed by atoms with van der Waals surface area (Å²) >= 11 is 11.8. The summed E-state index contributed by atoms with van der Waals surface area (Å²) in [5.41, 5.74) is 0.535. The predicted molar refractivity (Wildman–Crippen MR) is 89.9 cm³/mol. The number of anilines is 1. The first-order valence-corrected chi connectivity index (χ1v) is 8.05. The van der Waals surface area contributed by atoms with Crippen molar-refractivity contribution in [2.24, 2.45) is 5.84 Å². The highest BCUT2D eigenvalue weighted by Gasteiger charge is 2.19. The number of halogens is 2. The Morgan fingerprint density at radius 3 is 2.14 bits per heavy atom. The van der Waals surface area contributed by atoms with Crippen molar-refractivity contribution < 1.29 is 4.79 Å². The van der Waals surface area contributed by atoms with Crippen LogP contribution >= 0.6 is 23.2 Å². The van der Waals surface area contributed by atoms with Crippen molar-refractivity contribution in [2.75, 3.05) is 18.1 Å². The number of amides is 2. The van der Waals surface area contributed by atoms with Crippen LogP contribution in [0.1, 0.15) is 39.5 Å². The molecule has 0 aromatic heterocycles. The molecule has 2 amide bonds. The average molecular weight is 332 g/mol. The molecule has 118 valence electrons. The molecule has 0 bridgehead atoms. The Kier molecular flexibility index (Phi) is 7.86. The molecule has 21 heavy (non-hydrogen) atoms. The van der Waals surface area contributed by atoms with E-state index in [0.29, 0.717) is 28.8 Å². The van der Waals surface area contributed by atoms with Crippen LogP contribution in [-0.4, -0.2) is 24.0 Å². The first-order valence-electron chi connectivity index (χ1n) is 7.30. The van der Waals surface area contributed by atoms with E-state index in [1.165, 1.54) is 0 Å². The normalized spacial score (nSPS) is 10.5. The monoisotopic (exact) mass is 331 g/mol. The van der Waals surface area contributed by atoms with E-state index in [-0.39, 0.29) is 6.03 Å². The molecule has 0 aliphatic heterocycles. The van der Waals surface area contributed by atoms with Crippen molar-refractivity contribution in [3.05, 3.63) is 28.2 Å². The summed E-state index contributed by atoms with van der Waals surface area (Å²) in [6.45, 7) is 5.62. The fourth-order valence-electron chi connectivity index (χ4n) is 1.90. The lowest BCUT2D eigenvalue weighted by Crippen LogP contribution is -2.48. The fraction of sp³-hybridized carbons (Fsp3) is 0.533. The third-order valence-corrected chi connectivity index (χ3v) is 3.96. The molecule has 0 spiro atoms. The molecule has 0 radical (unpaired) electrons. The molecule has 1 aromatic carbocycles. The Morgan fingerprint density at radius 1 is 1.10 bits per heavy atom. The van der Waals surface area contributed by atoms with Gasteiger partial charge in [-0.05, 0) is 31.0 Å². The minimum absolute atomic E-state index is 0.213. The molecule has 2 N–H and O–H groups in total. The largest absolute Gasteiger partial charge is 0.338 e. The van der Waals surface area contributed by atoms with E-state index >= 15 is 0 Å². The SMILES string of the molecule is CCCCN(CCCC)C(=O)N(N)c1ccc(Cl)c(Cl)c1. The molecule has 0 atom stereocenters. The van der Waals surface area contributed by atoms with E-state index < -0.39 is 0 Å².